The molecule has 1 heterocycles. The molecule has 1 atom stereocenters. The van der Waals surface area contributed by atoms with Crippen molar-refractivity contribution in [1.29, 1.82) is 0 Å². The van der Waals surface area contributed by atoms with Crippen LogP contribution < -0.4 is 10.2 Å². The molecule has 2 rings (SSSR count). The van der Waals surface area contributed by atoms with E-state index >= 15 is 0 Å². The van der Waals surface area contributed by atoms with Gasteiger partial charge in [0.25, 0.3) is 0 Å². The number of nitrogens with zero attached hydrogens (tertiary/aromatic N) is 1. The average molecular weight is 290 g/mol. The molecule has 1 aliphatic heterocycles. The van der Waals surface area contributed by atoms with Crippen molar-refractivity contribution in [2.45, 2.75) is 65.8 Å². The lowest BCUT2D eigenvalue weighted by Crippen LogP contribution is -2.52. The molecule has 1 unspecified atom stereocenters. The monoisotopic (exact) mass is 290 g/mol. The van der Waals surface area contributed by atoms with Crippen LogP contribution in [-0.2, 0) is 11.3 Å². The zero-order chi connectivity index (χ0) is 15.6. The van der Waals surface area contributed by atoms with Crippen LogP contribution in [0.2, 0.25) is 0 Å². The van der Waals surface area contributed by atoms with Crippen molar-refractivity contribution in [2.75, 3.05) is 18.0 Å². The fourth-order valence-corrected chi connectivity index (χ4v) is 3.14. The van der Waals surface area contributed by atoms with Crippen LogP contribution >= 0.6 is 0 Å². The molecule has 3 heteroatoms. The number of nitrogens with one attached hydrogen (secondary N) is 1. The van der Waals surface area contributed by atoms with Crippen LogP contribution in [0.5, 0.6) is 0 Å². The molecule has 1 aromatic carbocycles. The number of anilines is 1. The molecule has 0 radical (unpaired) electrons. The summed E-state index contributed by atoms with van der Waals surface area (Å²) in [7, 11) is 0. The topological polar surface area (TPSA) is 24.5 Å². The van der Waals surface area contributed by atoms with E-state index in [0.717, 1.165) is 19.6 Å². The Labute approximate surface area is 129 Å². The molecular formula is C18H30N2O. The number of rotatable bonds is 4. The SMILES string of the molecule is Cc1cc(CNC(C)C)ccc1N1CC(C)OC(C)(C)C1. The van der Waals surface area contributed by atoms with Gasteiger partial charge in [0, 0.05) is 31.4 Å². The summed E-state index contributed by atoms with van der Waals surface area (Å²) in [6.45, 7) is 15.9. The summed E-state index contributed by atoms with van der Waals surface area (Å²) in [6, 6.07) is 7.33. The number of morpholine rings is 1. The molecule has 1 aromatic rings. The van der Waals surface area contributed by atoms with Gasteiger partial charge in [0.05, 0.1) is 11.7 Å². The van der Waals surface area contributed by atoms with Crippen molar-refractivity contribution in [3.8, 4) is 0 Å². The third kappa shape index (κ3) is 4.45. The zero-order valence-electron chi connectivity index (χ0n) is 14.4. The lowest BCUT2D eigenvalue weighted by atomic mass is 10.0. The maximum Gasteiger partial charge on any atom is 0.0805 e. The largest absolute Gasteiger partial charge is 0.369 e. The van der Waals surface area contributed by atoms with E-state index in [1.165, 1.54) is 16.8 Å². The highest BCUT2D eigenvalue weighted by atomic mass is 16.5. The first-order valence-corrected chi connectivity index (χ1v) is 8.02. The molecule has 0 spiro atoms. The van der Waals surface area contributed by atoms with Gasteiger partial charge in [0.1, 0.15) is 0 Å². The second-order valence-corrected chi connectivity index (χ2v) is 7.23. The summed E-state index contributed by atoms with van der Waals surface area (Å²) >= 11 is 0. The van der Waals surface area contributed by atoms with Crippen LogP contribution in [0.3, 0.4) is 0 Å². The fraction of sp³-hybridized carbons (Fsp3) is 0.667. The molecule has 1 aliphatic rings. The zero-order valence-corrected chi connectivity index (χ0v) is 14.4. The highest BCUT2D eigenvalue weighted by Gasteiger charge is 2.31. The van der Waals surface area contributed by atoms with Crippen LogP contribution in [0.25, 0.3) is 0 Å². The second-order valence-electron chi connectivity index (χ2n) is 7.23. The Kier molecular flexibility index (Phi) is 4.95. The summed E-state index contributed by atoms with van der Waals surface area (Å²) in [6.07, 6.45) is 0.274. The molecule has 1 N–H and O–H groups in total. The molecule has 3 nitrogen and oxygen atoms in total. The number of ether oxygens (including phenoxy) is 1. The van der Waals surface area contributed by atoms with E-state index < -0.39 is 0 Å². The molecular weight excluding hydrogens is 260 g/mol. The van der Waals surface area contributed by atoms with Crippen molar-refractivity contribution < 1.29 is 4.74 Å². The Balaban J connectivity index is 2.13. The standard InChI is InChI=1S/C18H30N2O/c1-13(2)19-10-16-7-8-17(14(3)9-16)20-11-15(4)21-18(5,6)12-20/h7-9,13,15,19H,10-12H2,1-6H3. The van der Waals surface area contributed by atoms with Crippen molar-refractivity contribution in [3.63, 3.8) is 0 Å². The van der Waals surface area contributed by atoms with Gasteiger partial charge in [-0.15, -0.1) is 0 Å². The van der Waals surface area contributed by atoms with Crippen LogP contribution in [0.1, 0.15) is 45.7 Å². The molecule has 21 heavy (non-hydrogen) atoms. The highest BCUT2D eigenvalue weighted by Crippen LogP contribution is 2.28. The van der Waals surface area contributed by atoms with Gasteiger partial charge in [-0.05, 0) is 44.9 Å². The van der Waals surface area contributed by atoms with Gasteiger partial charge >= 0.3 is 0 Å². The third-order valence-corrected chi connectivity index (χ3v) is 3.89. The predicted molar refractivity (Wildman–Crippen MR) is 90.0 cm³/mol. The van der Waals surface area contributed by atoms with Gasteiger partial charge in [0.2, 0.25) is 0 Å². The molecule has 0 aromatic heterocycles. The Morgan fingerprint density at radius 3 is 2.67 bits per heavy atom. The van der Waals surface area contributed by atoms with Crippen molar-refractivity contribution in [2.24, 2.45) is 0 Å². The van der Waals surface area contributed by atoms with Gasteiger partial charge < -0.3 is 15.0 Å². The van der Waals surface area contributed by atoms with Crippen LogP contribution in [0.4, 0.5) is 5.69 Å². The summed E-state index contributed by atoms with van der Waals surface area (Å²) in [5, 5.41) is 3.47. The Morgan fingerprint density at radius 2 is 2.10 bits per heavy atom. The second kappa shape index (κ2) is 6.37. The number of benzene rings is 1. The van der Waals surface area contributed by atoms with E-state index in [1.54, 1.807) is 0 Å². The molecule has 1 fully saturated rings. The minimum atomic E-state index is -0.0814. The Bertz CT molecular complexity index is 482. The van der Waals surface area contributed by atoms with Gasteiger partial charge in [0.15, 0.2) is 0 Å². The first-order chi connectivity index (χ1) is 9.77. The Hall–Kier alpha value is -1.06. The normalized spacial score (nSPS) is 21.9. The number of hydrogen-bond acceptors (Lipinski definition) is 3. The minimum Gasteiger partial charge on any atom is -0.369 e. The smallest absolute Gasteiger partial charge is 0.0805 e. The van der Waals surface area contributed by atoms with Crippen LogP contribution in [0.15, 0.2) is 18.2 Å². The van der Waals surface area contributed by atoms with Gasteiger partial charge in [-0.25, -0.2) is 0 Å². The summed E-state index contributed by atoms with van der Waals surface area (Å²) in [5.74, 6) is 0. The first kappa shape index (κ1) is 16.3. The van der Waals surface area contributed by atoms with Crippen LogP contribution in [0, 0.1) is 6.92 Å². The van der Waals surface area contributed by atoms with E-state index in [0.29, 0.717) is 6.04 Å². The molecule has 1 saturated heterocycles. The lowest BCUT2D eigenvalue weighted by molar-refractivity contribution is -0.0749. The molecule has 0 amide bonds. The van der Waals surface area contributed by atoms with E-state index in [2.05, 4.69) is 70.0 Å². The minimum absolute atomic E-state index is 0.0814. The first-order valence-electron chi connectivity index (χ1n) is 8.02. The van der Waals surface area contributed by atoms with E-state index in [4.69, 9.17) is 4.74 Å². The maximum absolute atomic E-state index is 6.00. The van der Waals surface area contributed by atoms with Crippen molar-refractivity contribution in [3.05, 3.63) is 29.3 Å². The van der Waals surface area contributed by atoms with E-state index in [9.17, 15) is 0 Å². The number of aryl methyl sites for hydroxylation is 1. The third-order valence-electron chi connectivity index (χ3n) is 3.89. The quantitative estimate of drug-likeness (QED) is 0.918. The predicted octanol–water partition coefficient (Wildman–Crippen LogP) is 3.50. The van der Waals surface area contributed by atoms with Crippen molar-refractivity contribution >= 4 is 5.69 Å². The van der Waals surface area contributed by atoms with Crippen molar-refractivity contribution in [1.82, 2.24) is 5.32 Å². The molecule has 0 saturated carbocycles. The summed E-state index contributed by atoms with van der Waals surface area (Å²) in [5.41, 5.74) is 3.96. The lowest BCUT2D eigenvalue weighted by Gasteiger charge is -2.43. The van der Waals surface area contributed by atoms with Gasteiger partial charge in [-0.1, -0.05) is 26.0 Å². The maximum atomic E-state index is 6.00. The summed E-state index contributed by atoms with van der Waals surface area (Å²) in [4.78, 5) is 2.46. The van der Waals surface area contributed by atoms with E-state index in [1.807, 2.05) is 0 Å². The molecule has 0 aliphatic carbocycles. The Morgan fingerprint density at radius 1 is 1.38 bits per heavy atom. The molecule has 0 bridgehead atoms. The fourth-order valence-electron chi connectivity index (χ4n) is 3.14. The van der Waals surface area contributed by atoms with Gasteiger partial charge in [-0.2, -0.15) is 0 Å². The number of hydrogen-bond donors (Lipinski definition) is 1. The van der Waals surface area contributed by atoms with Crippen LogP contribution in [-0.4, -0.2) is 30.8 Å². The average Bonchev–Trinajstić information content (AvgIpc) is 2.33. The highest BCUT2D eigenvalue weighted by molar-refractivity contribution is 5.55. The molecule has 118 valence electrons. The van der Waals surface area contributed by atoms with E-state index in [-0.39, 0.29) is 11.7 Å². The van der Waals surface area contributed by atoms with Gasteiger partial charge in [-0.3, -0.25) is 0 Å². The summed E-state index contributed by atoms with van der Waals surface area (Å²) < 4.78 is 6.00.